The van der Waals surface area contributed by atoms with Gasteiger partial charge in [-0.2, -0.15) is 0 Å². The molecular weight excluding hydrogens is 424 g/mol. The van der Waals surface area contributed by atoms with Crippen LogP contribution in [0.3, 0.4) is 0 Å². The van der Waals surface area contributed by atoms with Gasteiger partial charge in [0.05, 0.1) is 14.2 Å². The highest BCUT2D eigenvalue weighted by Crippen LogP contribution is 2.33. The van der Waals surface area contributed by atoms with Gasteiger partial charge in [0.1, 0.15) is 34.1 Å². The summed E-state index contributed by atoms with van der Waals surface area (Å²) in [4.78, 5) is 24.9. The molecule has 0 aliphatic heterocycles. The molecule has 0 aromatic heterocycles. The van der Waals surface area contributed by atoms with E-state index in [2.05, 4.69) is 13.8 Å². The Morgan fingerprint density at radius 2 is 1.36 bits per heavy atom. The average molecular weight is 459 g/mol. The van der Waals surface area contributed by atoms with Crippen LogP contribution >= 0.6 is 0 Å². The fourth-order valence-electron chi connectivity index (χ4n) is 3.80. The highest BCUT2D eigenvalue weighted by molar-refractivity contribution is 5.97. The Morgan fingerprint density at radius 1 is 0.788 bits per heavy atom. The van der Waals surface area contributed by atoms with Crippen LogP contribution in [0, 0.1) is 0 Å². The molecule has 0 bridgehead atoms. The number of benzene rings is 2. The molecule has 0 aliphatic carbocycles. The molecule has 2 rings (SSSR count). The van der Waals surface area contributed by atoms with Gasteiger partial charge in [0.15, 0.2) is 0 Å². The summed E-state index contributed by atoms with van der Waals surface area (Å²) in [6, 6.07) is 6.07. The lowest BCUT2D eigenvalue weighted by atomic mass is 9.99. The Labute approximate surface area is 195 Å². The molecule has 33 heavy (non-hydrogen) atoms. The van der Waals surface area contributed by atoms with Crippen molar-refractivity contribution >= 4 is 11.9 Å². The smallest absolute Gasteiger partial charge is 0.347 e. The van der Waals surface area contributed by atoms with Crippen molar-refractivity contribution in [1.29, 1.82) is 0 Å². The van der Waals surface area contributed by atoms with Crippen LogP contribution in [0.4, 0.5) is 0 Å². The molecule has 0 unspecified atom stereocenters. The molecule has 7 heteroatoms. The number of aromatic hydroxyl groups is 1. The predicted octanol–water partition coefficient (Wildman–Crippen LogP) is 5.79. The minimum absolute atomic E-state index is 0.0703. The monoisotopic (exact) mass is 458 g/mol. The maximum Gasteiger partial charge on any atom is 0.347 e. The fourth-order valence-corrected chi connectivity index (χ4v) is 3.80. The predicted molar refractivity (Wildman–Crippen MR) is 126 cm³/mol. The Kier molecular flexibility index (Phi) is 10.0. The first-order valence-electron chi connectivity index (χ1n) is 11.4. The largest absolute Gasteiger partial charge is 0.507 e. The van der Waals surface area contributed by atoms with E-state index in [9.17, 15) is 19.8 Å². The quantitative estimate of drug-likeness (QED) is 0.222. The van der Waals surface area contributed by atoms with Crippen molar-refractivity contribution in [2.24, 2.45) is 0 Å². The number of aryl methyl sites for hydroxylation is 2. The van der Waals surface area contributed by atoms with Crippen molar-refractivity contribution in [1.82, 2.24) is 0 Å². The van der Waals surface area contributed by atoms with E-state index in [1.807, 2.05) is 0 Å². The highest BCUT2D eigenvalue weighted by atomic mass is 16.5. The summed E-state index contributed by atoms with van der Waals surface area (Å²) in [5.74, 6) is -1.28. The van der Waals surface area contributed by atoms with E-state index < -0.39 is 11.9 Å². The van der Waals surface area contributed by atoms with Crippen molar-refractivity contribution in [3.05, 3.63) is 46.5 Å². The molecule has 0 radical (unpaired) electrons. The Bertz CT molecular complexity index is 966. The van der Waals surface area contributed by atoms with Gasteiger partial charge in [-0.15, -0.1) is 0 Å². The molecule has 2 aromatic carbocycles. The Hall–Kier alpha value is -3.22. The summed E-state index contributed by atoms with van der Waals surface area (Å²) in [6.07, 6.45) is 6.72. The number of unbranched alkanes of at least 4 members (excludes halogenated alkanes) is 4. The van der Waals surface area contributed by atoms with E-state index in [0.717, 1.165) is 38.5 Å². The highest BCUT2D eigenvalue weighted by Gasteiger charge is 2.23. The third-order valence-corrected chi connectivity index (χ3v) is 5.51. The molecule has 180 valence electrons. The van der Waals surface area contributed by atoms with Crippen LogP contribution in [-0.2, 0) is 12.8 Å². The molecule has 0 spiro atoms. The van der Waals surface area contributed by atoms with Crippen molar-refractivity contribution < 1.29 is 34.0 Å². The number of carbonyl (C=O) groups is 2. The second kappa shape index (κ2) is 12.7. The number of aromatic carboxylic acids is 1. The van der Waals surface area contributed by atoms with Crippen molar-refractivity contribution in [3.63, 3.8) is 0 Å². The lowest BCUT2D eigenvalue weighted by molar-refractivity contribution is 0.0691. The molecule has 0 aliphatic rings. The topological polar surface area (TPSA) is 102 Å². The number of carboxylic acids is 1. The summed E-state index contributed by atoms with van der Waals surface area (Å²) in [5.41, 5.74) is 1.34. The first-order chi connectivity index (χ1) is 15.9. The van der Waals surface area contributed by atoms with Gasteiger partial charge < -0.3 is 24.4 Å². The number of hydrogen-bond acceptors (Lipinski definition) is 6. The minimum Gasteiger partial charge on any atom is -0.507 e. The molecule has 7 nitrogen and oxygen atoms in total. The van der Waals surface area contributed by atoms with E-state index in [-0.39, 0.29) is 28.4 Å². The first-order valence-corrected chi connectivity index (χ1v) is 11.4. The van der Waals surface area contributed by atoms with E-state index in [1.54, 1.807) is 12.1 Å². The average Bonchev–Trinajstić information content (AvgIpc) is 2.78. The van der Waals surface area contributed by atoms with Crippen LogP contribution < -0.4 is 14.2 Å². The molecule has 0 fully saturated rings. The van der Waals surface area contributed by atoms with Gasteiger partial charge in [0.25, 0.3) is 0 Å². The molecule has 0 atom stereocenters. The standard InChI is InChI=1S/C26H34O7/c1-5-7-9-11-17-13-19(31-3)15-21(27)23(17)26(30)33-20-14-18(12-10-8-6-2)24(25(28)29)22(16-20)32-4/h13-16,27H,5-12H2,1-4H3,(H,28,29). The third kappa shape index (κ3) is 6.88. The molecule has 2 aromatic rings. The SMILES string of the molecule is CCCCCc1cc(OC)cc(O)c1C(=O)Oc1cc(CCCCC)c(C(=O)O)c(OC)c1. The van der Waals surface area contributed by atoms with Gasteiger partial charge in [-0.25, -0.2) is 9.59 Å². The van der Waals surface area contributed by atoms with Crippen LogP contribution in [0.25, 0.3) is 0 Å². The van der Waals surface area contributed by atoms with Crippen LogP contribution in [0.2, 0.25) is 0 Å². The Balaban J connectivity index is 2.42. The molecule has 0 saturated carbocycles. The normalized spacial score (nSPS) is 10.7. The molecule has 2 N–H and O–H groups in total. The van der Waals surface area contributed by atoms with Crippen LogP contribution in [0.15, 0.2) is 24.3 Å². The fraction of sp³-hybridized carbons (Fsp3) is 0.462. The number of rotatable bonds is 13. The number of phenolic OH excluding ortho intramolecular Hbond substituents is 1. The lowest BCUT2D eigenvalue weighted by Gasteiger charge is -2.16. The van der Waals surface area contributed by atoms with Crippen molar-refractivity contribution in [2.75, 3.05) is 14.2 Å². The van der Waals surface area contributed by atoms with Gasteiger partial charge in [0, 0.05) is 12.1 Å². The Morgan fingerprint density at radius 3 is 1.88 bits per heavy atom. The van der Waals surface area contributed by atoms with E-state index >= 15 is 0 Å². The summed E-state index contributed by atoms with van der Waals surface area (Å²) in [5, 5.41) is 20.2. The molecule has 0 saturated heterocycles. The van der Waals surface area contributed by atoms with Crippen molar-refractivity contribution in [2.45, 2.75) is 65.2 Å². The zero-order valence-electron chi connectivity index (χ0n) is 19.9. The van der Waals surface area contributed by atoms with Crippen LogP contribution in [-0.4, -0.2) is 36.4 Å². The van der Waals surface area contributed by atoms with Gasteiger partial charge in [0.2, 0.25) is 0 Å². The van der Waals surface area contributed by atoms with E-state index in [1.165, 1.54) is 26.4 Å². The molecular formula is C26H34O7. The lowest BCUT2D eigenvalue weighted by Crippen LogP contribution is -2.14. The number of carboxylic acid groups (broad SMARTS) is 1. The second-order valence-corrected chi connectivity index (χ2v) is 7.95. The number of hydrogen-bond donors (Lipinski definition) is 2. The zero-order chi connectivity index (χ0) is 24.4. The number of methoxy groups -OCH3 is 2. The summed E-state index contributed by atoms with van der Waals surface area (Å²) < 4.78 is 16.1. The zero-order valence-corrected chi connectivity index (χ0v) is 19.9. The van der Waals surface area contributed by atoms with Gasteiger partial charge in [-0.3, -0.25) is 0 Å². The third-order valence-electron chi connectivity index (χ3n) is 5.51. The first kappa shape index (κ1) is 26.0. The van der Waals surface area contributed by atoms with Gasteiger partial charge in [-0.1, -0.05) is 39.5 Å². The second-order valence-electron chi connectivity index (χ2n) is 7.95. The molecule has 0 amide bonds. The maximum absolute atomic E-state index is 13.1. The molecule has 0 heterocycles. The number of phenols is 1. The minimum atomic E-state index is -1.10. The number of ether oxygens (including phenoxy) is 3. The van der Waals surface area contributed by atoms with Crippen LogP contribution in [0.1, 0.15) is 84.2 Å². The maximum atomic E-state index is 13.1. The van der Waals surface area contributed by atoms with E-state index in [4.69, 9.17) is 14.2 Å². The van der Waals surface area contributed by atoms with Crippen molar-refractivity contribution in [3.8, 4) is 23.0 Å². The van der Waals surface area contributed by atoms with Gasteiger partial charge in [-0.05, 0) is 48.9 Å². The summed E-state index contributed by atoms with van der Waals surface area (Å²) in [7, 11) is 2.88. The number of carbonyl (C=O) groups excluding carboxylic acids is 1. The number of esters is 1. The van der Waals surface area contributed by atoms with Gasteiger partial charge >= 0.3 is 11.9 Å². The van der Waals surface area contributed by atoms with Crippen LogP contribution in [0.5, 0.6) is 23.0 Å². The van der Waals surface area contributed by atoms with E-state index in [0.29, 0.717) is 29.7 Å². The summed E-state index contributed by atoms with van der Waals surface area (Å²) >= 11 is 0. The summed E-state index contributed by atoms with van der Waals surface area (Å²) in [6.45, 7) is 4.15.